The number of benzene rings is 1. The molecule has 2 aromatic heterocycles. The average molecular weight is 269 g/mol. The highest BCUT2D eigenvalue weighted by Gasteiger charge is 2.14. The number of amides is 1. The van der Waals surface area contributed by atoms with Crippen LogP contribution >= 0.6 is 0 Å². The molecule has 20 heavy (non-hydrogen) atoms. The first-order valence-corrected chi connectivity index (χ1v) is 6.37. The van der Waals surface area contributed by atoms with Crippen molar-refractivity contribution in [3.8, 4) is 0 Å². The summed E-state index contributed by atoms with van der Waals surface area (Å²) in [4.78, 5) is 14.0. The van der Waals surface area contributed by atoms with E-state index in [0.717, 1.165) is 22.4 Å². The van der Waals surface area contributed by atoms with E-state index < -0.39 is 0 Å². The number of rotatable bonds is 3. The Morgan fingerprint density at radius 1 is 1.35 bits per heavy atom. The third kappa shape index (κ3) is 2.30. The molecular weight excluding hydrogens is 254 g/mol. The van der Waals surface area contributed by atoms with Crippen LogP contribution in [0.3, 0.4) is 0 Å². The first-order chi connectivity index (χ1) is 9.63. The number of aromatic amines is 1. The first-order valence-electron chi connectivity index (χ1n) is 6.37. The van der Waals surface area contributed by atoms with Crippen molar-refractivity contribution >= 4 is 16.8 Å². The number of fused-ring (bicyclic) bond motifs is 1. The summed E-state index contributed by atoms with van der Waals surface area (Å²) in [6, 6.07) is 9.29. The standard InChI is InChI=1S/C15H15N3O2/c1-10-3-6-13(20-10)9-18(2)15(19)11-4-5-12-8-16-17-14(12)7-11/h3-8H,9H2,1-2H3,(H,16,17). The van der Waals surface area contributed by atoms with Gasteiger partial charge >= 0.3 is 0 Å². The average Bonchev–Trinajstić information content (AvgIpc) is 3.05. The lowest BCUT2D eigenvalue weighted by atomic mass is 10.1. The van der Waals surface area contributed by atoms with E-state index in [2.05, 4.69) is 10.2 Å². The Morgan fingerprint density at radius 2 is 2.20 bits per heavy atom. The number of furan rings is 1. The molecule has 5 nitrogen and oxygen atoms in total. The molecule has 2 heterocycles. The van der Waals surface area contributed by atoms with Gasteiger partial charge in [-0.05, 0) is 31.2 Å². The molecular formula is C15H15N3O2. The fraction of sp³-hybridized carbons (Fsp3) is 0.200. The van der Waals surface area contributed by atoms with E-state index in [1.807, 2.05) is 37.3 Å². The van der Waals surface area contributed by atoms with E-state index >= 15 is 0 Å². The topological polar surface area (TPSA) is 62.1 Å². The lowest BCUT2D eigenvalue weighted by Crippen LogP contribution is -2.25. The number of nitrogens with one attached hydrogen (secondary N) is 1. The molecule has 0 fully saturated rings. The van der Waals surface area contributed by atoms with Crippen molar-refractivity contribution < 1.29 is 9.21 Å². The zero-order chi connectivity index (χ0) is 14.1. The number of aryl methyl sites for hydroxylation is 1. The van der Waals surface area contributed by atoms with Gasteiger partial charge in [-0.1, -0.05) is 6.07 Å². The van der Waals surface area contributed by atoms with E-state index in [9.17, 15) is 4.79 Å². The van der Waals surface area contributed by atoms with Gasteiger partial charge in [0.25, 0.3) is 5.91 Å². The van der Waals surface area contributed by atoms with Crippen LogP contribution in [0.4, 0.5) is 0 Å². The summed E-state index contributed by atoms with van der Waals surface area (Å²) in [5, 5.41) is 7.81. The number of nitrogens with zero attached hydrogens (tertiary/aromatic N) is 2. The van der Waals surface area contributed by atoms with Crippen molar-refractivity contribution in [1.29, 1.82) is 0 Å². The quantitative estimate of drug-likeness (QED) is 0.795. The van der Waals surface area contributed by atoms with E-state index in [0.29, 0.717) is 12.1 Å². The molecule has 0 saturated heterocycles. The summed E-state index contributed by atoms with van der Waals surface area (Å²) >= 11 is 0. The van der Waals surface area contributed by atoms with Crippen molar-refractivity contribution in [2.45, 2.75) is 13.5 Å². The van der Waals surface area contributed by atoms with Crippen LogP contribution in [-0.4, -0.2) is 28.1 Å². The number of hydrogen-bond donors (Lipinski definition) is 1. The summed E-state index contributed by atoms with van der Waals surface area (Å²) in [5.41, 5.74) is 1.49. The fourth-order valence-corrected chi connectivity index (χ4v) is 2.17. The zero-order valence-electron chi connectivity index (χ0n) is 11.4. The van der Waals surface area contributed by atoms with Gasteiger partial charge in [0.2, 0.25) is 0 Å². The monoisotopic (exact) mass is 269 g/mol. The van der Waals surface area contributed by atoms with Gasteiger partial charge in [-0.3, -0.25) is 9.89 Å². The summed E-state index contributed by atoms with van der Waals surface area (Å²) in [6.45, 7) is 2.34. The Balaban J connectivity index is 1.80. The van der Waals surface area contributed by atoms with Crippen LogP contribution < -0.4 is 0 Å². The molecule has 1 amide bonds. The van der Waals surface area contributed by atoms with Crippen molar-refractivity contribution in [2.75, 3.05) is 7.05 Å². The van der Waals surface area contributed by atoms with Crippen molar-refractivity contribution in [2.24, 2.45) is 0 Å². The van der Waals surface area contributed by atoms with Gasteiger partial charge in [-0.2, -0.15) is 5.10 Å². The Hall–Kier alpha value is -2.56. The minimum absolute atomic E-state index is 0.0458. The molecule has 0 spiro atoms. The summed E-state index contributed by atoms with van der Waals surface area (Å²) in [5.74, 6) is 1.58. The van der Waals surface area contributed by atoms with E-state index in [1.54, 1.807) is 18.1 Å². The summed E-state index contributed by atoms with van der Waals surface area (Å²) in [7, 11) is 1.76. The van der Waals surface area contributed by atoms with Crippen LogP contribution in [0.5, 0.6) is 0 Å². The van der Waals surface area contributed by atoms with Crippen molar-refractivity contribution in [1.82, 2.24) is 15.1 Å². The van der Waals surface area contributed by atoms with E-state index in [-0.39, 0.29) is 5.91 Å². The minimum Gasteiger partial charge on any atom is -0.464 e. The second-order valence-corrected chi connectivity index (χ2v) is 4.85. The second kappa shape index (κ2) is 4.85. The molecule has 5 heteroatoms. The minimum atomic E-state index is -0.0458. The molecule has 0 aliphatic heterocycles. The van der Waals surface area contributed by atoms with Crippen LogP contribution in [0.15, 0.2) is 40.9 Å². The highest BCUT2D eigenvalue weighted by atomic mass is 16.3. The third-order valence-electron chi connectivity index (χ3n) is 3.22. The normalized spacial score (nSPS) is 10.9. The van der Waals surface area contributed by atoms with Crippen LogP contribution in [0.2, 0.25) is 0 Å². The predicted octanol–water partition coefficient (Wildman–Crippen LogP) is 2.74. The molecule has 0 aliphatic rings. The van der Waals surface area contributed by atoms with Crippen LogP contribution in [0.1, 0.15) is 21.9 Å². The van der Waals surface area contributed by atoms with Crippen molar-refractivity contribution in [3.05, 3.63) is 53.6 Å². The number of carbonyl (C=O) groups excluding carboxylic acids is 1. The highest BCUT2D eigenvalue weighted by molar-refractivity contribution is 5.97. The Morgan fingerprint density at radius 3 is 2.95 bits per heavy atom. The van der Waals surface area contributed by atoms with Crippen LogP contribution in [0.25, 0.3) is 10.9 Å². The molecule has 0 radical (unpaired) electrons. The number of H-pyrrole nitrogens is 1. The first kappa shape index (κ1) is 12.5. The van der Waals surface area contributed by atoms with Crippen LogP contribution in [0, 0.1) is 6.92 Å². The lowest BCUT2D eigenvalue weighted by Gasteiger charge is -2.15. The lowest BCUT2D eigenvalue weighted by molar-refractivity contribution is 0.0775. The molecule has 102 valence electrons. The Bertz CT molecular complexity index is 757. The molecule has 3 rings (SSSR count). The van der Waals surface area contributed by atoms with Gasteiger partial charge < -0.3 is 9.32 Å². The van der Waals surface area contributed by atoms with Gasteiger partial charge in [-0.15, -0.1) is 0 Å². The fourth-order valence-electron chi connectivity index (χ4n) is 2.17. The molecule has 0 aliphatic carbocycles. The van der Waals surface area contributed by atoms with Gasteiger partial charge in [0.15, 0.2) is 0 Å². The predicted molar refractivity (Wildman–Crippen MR) is 75.3 cm³/mol. The summed E-state index contributed by atoms with van der Waals surface area (Å²) in [6.07, 6.45) is 1.74. The van der Waals surface area contributed by atoms with E-state index in [1.165, 1.54) is 0 Å². The molecule has 0 bridgehead atoms. The summed E-state index contributed by atoms with van der Waals surface area (Å²) < 4.78 is 5.49. The highest BCUT2D eigenvalue weighted by Crippen LogP contribution is 2.15. The van der Waals surface area contributed by atoms with Gasteiger partial charge in [0.05, 0.1) is 18.3 Å². The maximum Gasteiger partial charge on any atom is 0.254 e. The maximum atomic E-state index is 12.4. The van der Waals surface area contributed by atoms with Crippen LogP contribution in [-0.2, 0) is 6.54 Å². The molecule has 1 N–H and O–H groups in total. The largest absolute Gasteiger partial charge is 0.464 e. The molecule has 3 aromatic rings. The molecule has 0 atom stereocenters. The second-order valence-electron chi connectivity index (χ2n) is 4.85. The Kier molecular flexibility index (Phi) is 3.02. The van der Waals surface area contributed by atoms with Gasteiger partial charge in [-0.25, -0.2) is 0 Å². The molecule has 0 saturated carbocycles. The maximum absolute atomic E-state index is 12.4. The van der Waals surface area contributed by atoms with E-state index in [4.69, 9.17) is 4.42 Å². The Labute approximate surface area is 116 Å². The van der Waals surface area contributed by atoms with Gasteiger partial charge in [0, 0.05) is 18.0 Å². The smallest absolute Gasteiger partial charge is 0.254 e. The SMILES string of the molecule is Cc1ccc(CN(C)C(=O)c2ccc3cn[nH]c3c2)o1. The van der Waals surface area contributed by atoms with Gasteiger partial charge in [0.1, 0.15) is 11.5 Å². The number of hydrogen-bond acceptors (Lipinski definition) is 3. The number of carbonyl (C=O) groups is 1. The molecule has 0 unspecified atom stereocenters. The number of aromatic nitrogens is 2. The molecule has 1 aromatic carbocycles. The third-order valence-corrected chi connectivity index (χ3v) is 3.22. The zero-order valence-corrected chi connectivity index (χ0v) is 11.4. The van der Waals surface area contributed by atoms with Crippen molar-refractivity contribution in [3.63, 3.8) is 0 Å².